The standard InChI is InChI=1S/C7H8.C4H9NO/c1-7-5-3-2-4-6-7;1-3-4(6)5-2/h2-6H,1H3;3H2,1-2H3,(H,5,6). The molecule has 2 heteroatoms. The maximum Gasteiger partial charge on any atom is 0.219 e. The maximum absolute atomic E-state index is 10.1. The number of benzene rings is 1. The molecule has 1 aromatic carbocycles. The van der Waals surface area contributed by atoms with Crippen LogP contribution in [0.2, 0.25) is 0 Å². The molecule has 1 amide bonds. The van der Waals surface area contributed by atoms with Crippen LogP contribution in [0.5, 0.6) is 0 Å². The van der Waals surface area contributed by atoms with Crippen molar-refractivity contribution < 1.29 is 4.79 Å². The van der Waals surface area contributed by atoms with Crippen molar-refractivity contribution in [1.82, 2.24) is 5.32 Å². The molecule has 0 aliphatic heterocycles. The molecule has 72 valence electrons. The molecule has 0 aliphatic rings. The molecule has 0 aromatic heterocycles. The van der Waals surface area contributed by atoms with E-state index in [1.165, 1.54) is 5.56 Å². The summed E-state index contributed by atoms with van der Waals surface area (Å²) in [4.78, 5) is 10.1. The fraction of sp³-hybridized carbons (Fsp3) is 0.364. The first kappa shape index (κ1) is 11.7. The van der Waals surface area contributed by atoms with Crippen LogP contribution in [0.1, 0.15) is 18.9 Å². The lowest BCUT2D eigenvalue weighted by Gasteiger charge is -1.87. The number of carbonyl (C=O) groups excluding carboxylic acids is 1. The first-order valence-electron chi connectivity index (χ1n) is 4.43. The molecule has 0 unspecified atom stereocenters. The smallest absolute Gasteiger partial charge is 0.219 e. The molecule has 0 fully saturated rings. The van der Waals surface area contributed by atoms with Gasteiger partial charge in [0.15, 0.2) is 0 Å². The second kappa shape index (κ2) is 7.35. The minimum Gasteiger partial charge on any atom is -0.359 e. The summed E-state index contributed by atoms with van der Waals surface area (Å²) in [5, 5.41) is 2.48. The van der Waals surface area contributed by atoms with Crippen LogP contribution in [0.15, 0.2) is 30.3 Å². The van der Waals surface area contributed by atoms with Gasteiger partial charge in [-0.05, 0) is 6.92 Å². The van der Waals surface area contributed by atoms with Crippen LogP contribution in [-0.4, -0.2) is 13.0 Å². The molecular weight excluding hydrogens is 162 g/mol. The Bertz CT molecular complexity index is 225. The Kier molecular flexibility index (Phi) is 6.60. The van der Waals surface area contributed by atoms with Gasteiger partial charge >= 0.3 is 0 Å². The van der Waals surface area contributed by atoms with Crippen molar-refractivity contribution in [3.63, 3.8) is 0 Å². The zero-order chi connectivity index (χ0) is 10.1. The Hall–Kier alpha value is -1.31. The Morgan fingerprint density at radius 3 is 2.00 bits per heavy atom. The fourth-order valence-electron chi connectivity index (χ4n) is 0.711. The summed E-state index contributed by atoms with van der Waals surface area (Å²) in [6.45, 7) is 3.90. The molecule has 0 spiro atoms. The summed E-state index contributed by atoms with van der Waals surface area (Å²) in [5.41, 5.74) is 1.32. The molecule has 0 aliphatic carbocycles. The molecule has 1 aromatic rings. The molecule has 13 heavy (non-hydrogen) atoms. The van der Waals surface area contributed by atoms with Crippen LogP contribution in [-0.2, 0) is 4.79 Å². The molecule has 0 saturated carbocycles. The number of amides is 1. The van der Waals surface area contributed by atoms with Gasteiger partial charge in [0, 0.05) is 13.5 Å². The van der Waals surface area contributed by atoms with Gasteiger partial charge in [-0.1, -0.05) is 42.8 Å². The van der Waals surface area contributed by atoms with Crippen molar-refractivity contribution in [3.05, 3.63) is 35.9 Å². The minimum absolute atomic E-state index is 0.0926. The molecule has 0 saturated heterocycles. The first-order chi connectivity index (χ1) is 6.20. The van der Waals surface area contributed by atoms with Gasteiger partial charge in [0.1, 0.15) is 0 Å². The van der Waals surface area contributed by atoms with Crippen LogP contribution in [0, 0.1) is 6.92 Å². The van der Waals surface area contributed by atoms with Gasteiger partial charge in [0.25, 0.3) is 0 Å². The molecule has 1 N–H and O–H groups in total. The van der Waals surface area contributed by atoms with Crippen LogP contribution in [0.4, 0.5) is 0 Å². The maximum atomic E-state index is 10.1. The number of hydrogen-bond acceptors (Lipinski definition) is 1. The van der Waals surface area contributed by atoms with Crippen LogP contribution in [0.3, 0.4) is 0 Å². The van der Waals surface area contributed by atoms with Crippen LogP contribution < -0.4 is 5.32 Å². The first-order valence-corrected chi connectivity index (χ1v) is 4.43. The molecule has 0 radical (unpaired) electrons. The Balaban J connectivity index is 0.000000226. The largest absolute Gasteiger partial charge is 0.359 e. The van der Waals surface area contributed by atoms with E-state index in [1.807, 2.05) is 25.1 Å². The summed E-state index contributed by atoms with van der Waals surface area (Å²) < 4.78 is 0. The third-order valence-corrected chi connectivity index (χ3v) is 1.54. The highest BCUT2D eigenvalue weighted by molar-refractivity contribution is 5.74. The highest BCUT2D eigenvalue weighted by atomic mass is 16.1. The monoisotopic (exact) mass is 179 g/mol. The van der Waals surface area contributed by atoms with Gasteiger partial charge in [-0.3, -0.25) is 4.79 Å². The van der Waals surface area contributed by atoms with Crippen molar-refractivity contribution in [1.29, 1.82) is 0 Å². The van der Waals surface area contributed by atoms with E-state index in [0.29, 0.717) is 6.42 Å². The normalized spacial score (nSPS) is 8.23. The predicted molar refractivity (Wildman–Crippen MR) is 55.5 cm³/mol. The van der Waals surface area contributed by atoms with Crippen LogP contribution >= 0.6 is 0 Å². The summed E-state index contributed by atoms with van der Waals surface area (Å²) in [7, 11) is 1.63. The van der Waals surface area contributed by atoms with E-state index in [1.54, 1.807) is 7.05 Å². The fourth-order valence-corrected chi connectivity index (χ4v) is 0.711. The van der Waals surface area contributed by atoms with Crippen LogP contribution in [0.25, 0.3) is 0 Å². The van der Waals surface area contributed by atoms with Gasteiger partial charge in [-0.2, -0.15) is 0 Å². The number of hydrogen-bond donors (Lipinski definition) is 1. The quantitative estimate of drug-likeness (QED) is 0.703. The highest BCUT2D eigenvalue weighted by Crippen LogP contribution is 1.92. The zero-order valence-corrected chi connectivity index (χ0v) is 8.50. The van der Waals surface area contributed by atoms with Gasteiger partial charge in [-0.25, -0.2) is 0 Å². The summed E-state index contributed by atoms with van der Waals surface area (Å²) in [5.74, 6) is 0.0926. The van der Waals surface area contributed by atoms with Gasteiger partial charge in [-0.15, -0.1) is 0 Å². The minimum atomic E-state index is 0.0926. The van der Waals surface area contributed by atoms with Crippen molar-refractivity contribution >= 4 is 5.91 Å². The van der Waals surface area contributed by atoms with E-state index in [4.69, 9.17) is 0 Å². The second-order valence-electron chi connectivity index (χ2n) is 2.68. The molecule has 0 heterocycles. The topological polar surface area (TPSA) is 29.1 Å². The third kappa shape index (κ3) is 7.06. The number of carbonyl (C=O) groups is 1. The van der Waals surface area contributed by atoms with Gasteiger partial charge in [0.05, 0.1) is 0 Å². The molecule has 0 atom stereocenters. The van der Waals surface area contributed by atoms with Crippen molar-refractivity contribution in [2.75, 3.05) is 7.05 Å². The molecule has 1 rings (SSSR count). The zero-order valence-electron chi connectivity index (χ0n) is 8.50. The van der Waals surface area contributed by atoms with E-state index < -0.39 is 0 Å². The van der Waals surface area contributed by atoms with Crippen molar-refractivity contribution in [3.8, 4) is 0 Å². The average Bonchev–Trinajstić information content (AvgIpc) is 2.19. The van der Waals surface area contributed by atoms with E-state index in [2.05, 4.69) is 24.4 Å². The number of rotatable bonds is 1. The third-order valence-electron chi connectivity index (χ3n) is 1.54. The second-order valence-corrected chi connectivity index (χ2v) is 2.68. The lowest BCUT2D eigenvalue weighted by molar-refractivity contribution is -0.120. The predicted octanol–water partition coefficient (Wildman–Crippen LogP) is 2.14. The Morgan fingerprint density at radius 2 is 1.85 bits per heavy atom. The van der Waals surface area contributed by atoms with Gasteiger partial charge < -0.3 is 5.32 Å². The lowest BCUT2D eigenvalue weighted by Crippen LogP contribution is -2.15. The summed E-state index contributed by atoms with van der Waals surface area (Å²) in [6, 6.07) is 10.3. The summed E-state index contributed by atoms with van der Waals surface area (Å²) in [6.07, 6.45) is 0.580. The SMILES string of the molecule is CCC(=O)NC.Cc1ccccc1. The van der Waals surface area contributed by atoms with E-state index in [9.17, 15) is 4.79 Å². The van der Waals surface area contributed by atoms with E-state index in [-0.39, 0.29) is 5.91 Å². The van der Waals surface area contributed by atoms with Gasteiger partial charge in [0.2, 0.25) is 5.91 Å². The Morgan fingerprint density at radius 1 is 1.31 bits per heavy atom. The molecular formula is C11H17NO. The molecule has 2 nitrogen and oxygen atoms in total. The molecule has 0 bridgehead atoms. The van der Waals surface area contributed by atoms with Crippen molar-refractivity contribution in [2.24, 2.45) is 0 Å². The van der Waals surface area contributed by atoms with E-state index in [0.717, 1.165) is 0 Å². The van der Waals surface area contributed by atoms with E-state index >= 15 is 0 Å². The number of aryl methyl sites for hydroxylation is 1. The number of nitrogens with one attached hydrogen (secondary N) is 1. The summed E-state index contributed by atoms with van der Waals surface area (Å²) >= 11 is 0. The lowest BCUT2D eigenvalue weighted by atomic mass is 10.2. The average molecular weight is 179 g/mol. The Labute approximate surface area is 80.0 Å². The highest BCUT2D eigenvalue weighted by Gasteiger charge is 1.84. The van der Waals surface area contributed by atoms with Crippen molar-refractivity contribution in [2.45, 2.75) is 20.3 Å².